The summed E-state index contributed by atoms with van der Waals surface area (Å²) in [5.74, 6) is -0.941. The lowest BCUT2D eigenvalue weighted by atomic mass is 9.81. The molecule has 0 unspecified atom stereocenters. The summed E-state index contributed by atoms with van der Waals surface area (Å²) >= 11 is 7.38. The van der Waals surface area contributed by atoms with Crippen LogP contribution in [0, 0.1) is 29.6 Å². The first-order chi connectivity index (χ1) is 10.9. The molecule has 2 bridgehead atoms. The molecule has 4 rings (SSSR count). The third-order valence-corrected chi connectivity index (χ3v) is 9.64. The molecule has 0 aromatic carbocycles. The molecule has 1 N–H and O–H groups in total. The lowest BCUT2D eigenvalue weighted by Gasteiger charge is -2.32. The van der Waals surface area contributed by atoms with Crippen molar-refractivity contribution < 1.29 is 19.5 Å². The number of carboxylic acids is 1. The van der Waals surface area contributed by atoms with Gasteiger partial charge in [0.05, 0.1) is 17.8 Å². The molecule has 126 valence electrons. The van der Waals surface area contributed by atoms with E-state index in [9.17, 15) is 14.4 Å². The monoisotopic (exact) mass is 447 g/mol. The Hall–Kier alpha value is -0.430. The average Bonchev–Trinajstić information content (AvgIpc) is 3.12. The molecular formula is C16H19Br2NO4. The average molecular weight is 449 g/mol. The summed E-state index contributed by atoms with van der Waals surface area (Å²) in [5, 5.41) is 9.10. The number of hydrogen-bond acceptors (Lipinski definition) is 3. The smallest absolute Gasteiger partial charge is 0.306 e. The van der Waals surface area contributed by atoms with Crippen LogP contribution in [0.5, 0.6) is 0 Å². The van der Waals surface area contributed by atoms with Crippen LogP contribution in [0.25, 0.3) is 0 Å². The van der Waals surface area contributed by atoms with Gasteiger partial charge < -0.3 is 5.11 Å². The van der Waals surface area contributed by atoms with E-state index in [0.717, 1.165) is 6.42 Å². The van der Waals surface area contributed by atoms with Gasteiger partial charge in [0.15, 0.2) is 0 Å². The van der Waals surface area contributed by atoms with Crippen LogP contribution in [0.1, 0.15) is 32.1 Å². The predicted octanol–water partition coefficient (Wildman–Crippen LogP) is 2.41. The second-order valence-electron chi connectivity index (χ2n) is 7.39. The second-order valence-corrected chi connectivity index (χ2v) is 9.51. The van der Waals surface area contributed by atoms with Crippen molar-refractivity contribution in [2.45, 2.75) is 47.8 Å². The van der Waals surface area contributed by atoms with Gasteiger partial charge in [-0.15, -0.1) is 0 Å². The Kier molecular flexibility index (Phi) is 3.87. The van der Waals surface area contributed by atoms with Crippen LogP contribution in [0.4, 0.5) is 0 Å². The highest BCUT2D eigenvalue weighted by molar-refractivity contribution is 9.12. The molecule has 4 aliphatic rings. The van der Waals surface area contributed by atoms with Crippen LogP contribution < -0.4 is 0 Å². The van der Waals surface area contributed by atoms with Crippen LogP contribution in [0.2, 0.25) is 0 Å². The van der Waals surface area contributed by atoms with Crippen LogP contribution >= 0.6 is 31.9 Å². The lowest BCUT2D eigenvalue weighted by Crippen LogP contribution is -2.44. The van der Waals surface area contributed by atoms with E-state index in [2.05, 4.69) is 31.9 Å². The van der Waals surface area contributed by atoms with Crippen molar-refractivity contribution >= 4 is 49.6 Å². The lowest BCUT2D eigenvalue weighted by molar-refractivity contribution is -0.146. The molecule has 0 spiro atoms. The van der Waals surface area contributed by atoms with Gasteiger partial charge in [-0.2, -0.15) is 0 Å². The molecule has 3 aliphatic carbocycles. The Balaban J connectivity index is 1.53. The van der Waals surface area contributed by atoms with Crippen molar-refractivity contribution in [1.82, 2.24) is 4.90 Å². The topological polar surface area (TPSA) is 74.7 Å². The minimum Gasteiger partial charge on any atom is -0.481 e. The number of amides is 2. The van der Waals surface area contributed by atoms with E-state index in [1.807, 2.05) is 0 Å². The van der Waals surface area contributed by atoms with E-state index in [0.29, 0.717) is 25.7 Å². The van der Waals surface area contributed by atoms with E-state index < -0.39 is 5.97 Å². The summed E-state index contributed by atoms with van der Waals surface area (Å²) in [6.45, 7) is 0. The number of nitrogens with zero attached hydrogens (tertiary/aromatic N) is 1. The summed E-state index contributed by atoms with van der Waals surface area (Å²) in [4.78, 5) is 38.9. The van der Waals surface area contributed by atoms with Crippen molar-refractivity contribution in [2.75, 3.05) is 0 Å². The fourth-order valence-electron chi connectivity index (χ4n) is 5.31. The molecule has 23 heavy (non-hydrogen) atoms. The van der Waals surface area contributed by atoms with Gasteiger partial charge >= 0.3 is 5.97 Å². The molecule has 4 fully saturated rings. The molecule has 1 aliphatic heterocycles. The Morgan fingerprint density at radius 2 is 1.43 bits per heavy atom. The van der Waals surface area contributed by atoms with Crippen molar-refractivity contribution in [3.8, 4) is 0 Å². The van der Waals surface area contributed by atoms with Gasteiger partial charge in [0.1, 0.15) is 0 Å². The van der Waals surface area contributed by atoms with E-state index in [1.165, 1.54) is 4.90 Å². The number of alkyl halides is 2. The molecule has 7 heteroatoms. The zero-order valence-electron chi connectivity index (χ0n) is 12.5. The number of hydrogen-bond donors (Lipinski definition) is 1. The van der Waals surface area contributed by atoms with E-state index in [1.54, 1.807) is 0 Å². The van der Waals surface area contributed by atoms with Crippen molar-refractivity contribution in [3.05, 3.63) is 0 Å². The number of halogens is 2. The minimum atomic E-state index is -0.762. The molecule has 6 atom stereocenters. The number of carbonyl (C=O) groups excluding carboxylic acids is 2. The van der Waals surface area contributed by atoms with Gasteiger partial charge in [-0.1, -0.05) is 31.9 Å². The van der Waals surface area contributed by atoms with Gasteiger partial charge in [0.25, 0.3) is 0 Å². The molecule has 2 amide bonds. The number of likely N-dealkylation sites (tertiary alicyclic amines) is 1. The molecule has 3 saturated carbocycles. The van der Waals surface area contributed by atoms with Gasteiger partial charge in [-0.3, -0.25) is 19.3 Å². The number of imide groups is 1. The maximum atomic E-state index is 12.9. The van der Waals surface area contributed by atoms with Gasteiger partial charge in [0, 0.05) is 15.7 Å². The quantitative estimate of drug-likeness (QED) is 0.520. The number of fused-ring (bicyclic) bond motifs is 5. The summed E-state index contributed by atoms with van der Waals surface area (Å²) in [6.07, 6.45) is 3.30. The third kappa shape index (κ3) is 2.18. The molecule has 1 heterocycles. The normalized spacial score (nSPS) is 48.9. The first-order valence-electron chi connectivity index (χ1n) is 8.29. The predicted molar refractivity (Wildman–Crippen MR) is 89.2 cm³/mol. The SMILES string of the molecule is O=C(O)C1CCC(N2C(=O)[C@@H]3[C@H]4C[C@@H]([C@H](Br)[C@H]4Br)[C@H]3C2=O)CC1. The largest absolute Gasteiger partial charge is 0.481 e. The minimum absolute atomic E-state index is 0.00451. The zero-order valence-corrected chi connectivity index (χ0v) is 15.7. The van der Waals surface area contributed by atoms with Crippen LogP contribution in [0.15, 0.2) is 0 Å². The summed E-state index contributed by atoms with van der Waals surface area (Å²) in [5.41, 5.74) is 0. The first-order valence-corrected chi connectivity index (χ1v) is 10.1. The Morgan fingerprint density at radius 1 is 0.957 bits per heavy atom. The maximum absolute atomic E-state index is 12.9. The highest BCUT2D eigenvalue weighted by Gasteiger charge is 2.67. The first kappa shape index (κ1) is 16.1. The van der Waals surface area contributed by atoms with Gasteiger partial charge in [-0.25, -0.2) is 0 Å². The van der Waals surface area contributed by atoms with Crippen molar-refractivity contribution in [1.29, 1.82) is 0 Å². The zero-order chi connectivity index (χ0) is 16.5. The van der Waals surface area contributed by atoms with E-state index >= 15 is 0 Å². The van der Waals surface area contributed by atoms with Gasteiger partial charge in [-0.05, 0) is 43.9 Å². The standard InChI is InChI=1S/C16H19Br2NO4/c17-12-8-5-9(13(12)18)11-10(8)14(20)19(15(11)21)7-3-1-6(2-4-7)16(22)23/h6-13H,1-5H2,(H,22,23)/t6?,7?,8-,9-,10-,11-,12+,13+/m1/s1. The fraction of sp³-hybridized carbons (Fsp3) is 0.812. The molecule has 0 aromatic rings. The molecular weight excluding hydrogens is 430 g/mol. The highest BCUT2D eigenvalue weighted by Crippen LogP contribution is 2.60. The molecule has 5 nitrogen and oxygen atoms in total. The summed E-state index contributed by atoms with van der Waals surface area (Å²) < 4.78 is 0. The fourth-order valence-corrected chi connectivity index (χ4v) is 7.19. The highest BCUT2D eigenvalue weighted by atomic mass is 79.9. The van der Waals surface area contributed by atoms with Crippen LogP contribution in [-0.4, -0.2) is 43.5 Å². The summed E-state index contributed by atoms with van der Waals surface area (Å²) in [7, 11) is 0. The molecule has 0 aromatic heterocycles. The van der Waals surface area contributed by atoms with Gasteiger partial charge in [0.2, 0.25) is 11.8 Å². The van der Waals surface area contributed by atoms with Crippen molar-refractivity contribution in [3.63, 3.8) is 0 Å². The Bertz CT molecular complexity index is 542. The molecule has 1 saturated heterocycles. The van der Waals surface area contributed by atoms with E-state index in [4.69, 9.17) is 5.11 Å². The second kappa shape index (κ2) is 5.55. The number of aliphatic carboxylic acids is 1. The summed E-state index contributed by atoms with van der Waals surface area (Å²) in [6, 6.07) is -0.0989. The van der Waals surface area contributed by atoms with Crippen LogP contribution in [0.3, 0.4) is 0 Å². The Morgan fingerprint density at radius 3 is 1.87 bits per heavy atom. The maximum Gasteiger partial charge on any atom is 0.306 e. The number of carboxylic acid groups (broad SMARTS) is 1. The number of rotatable bonds is 2. The van der Waals surface area contributed by atoms with Crippen LogP contribution in [-0.2, 0) is 14.4 Å². The molecule has 0 radical (unpaired) electrons. The Labute approximate surface area is 151 Å². The number of carbonyl (C=O) groups is 3. The van der Waals surface area contributed by atoms with Crippen molar-refractivity contribution in [2.24, 2.45) is 29.6 Å². The van der Waals surface area contributed by atoms with E-state index in [-0.39, 0.29) is 57.1 Å². The third-order valence-electron chi connectivity index (χ3n) is 6.43.